The summed E-state index contributed by atoms with van der Waals surface area (Å²) in [4.78, 5) is 11.7. The molecule has 2 unspecified atom stereocenters. The predicted octanol–water partition coefficient (Wildman–Crippen LogP) is 1.59. The molecule has 1 saturated carbocycles. The summed E-state index contributed by atoms with van der Waals surface area (Å²) in [7, 11) is 0. The van der Waals surface area contributed by atoms with Crippen molar-refractivity contribution in [3.63, 3.8) is 0 Å². The molecule has 0 saturated heterocycles. The first kappa shape index (κ1) is 15.4. The number of carbonyl (C=O) groups is 1. The minimum Gasteiger partial charge on any atom is -0.391 e. The summed E-state index contributed by atoms with van der Waals surface area (Å²) in [5, 5.41) is 22.7. The molecule has 0 spiro atoms. The third kappa shape index (κ3) is 4.94. The fraction of sp³-hybridized carbons (Fsp3) is 0.929. The molecule has 1 amide bonds. The van der Waals surface area contributed by atoms with Gasteiger partial charge in [0.1, 0.15) is 0 Å². The summed E-state index contributed by atoms with van der Waals surface area (Å²) in [5.74, 6) is 0.0322. The van der Waals surface area contributed by atoms with E-state index in [0.717, 1.165) is 25.7 Å². The Balaban J connectivity index is 2.28. The Kier molecular flexibility index (Phi) is 6.09. The lowest BCUT2D eigenvalue weighted by atomic mass is 9.82. The van der Waals surface area contributed by atoms with E-state index in [9.17, 15) is 15.0 Å². The molecule has 2 atom stereocenters. The van der Waals surface area contributed by atoms with Crippen molar-refractivity contribution in [1.82, 2.24) is 5.32 Å². The van der Waals surface area contributed by atoms with Crippen LogP contribution in [0.2, 0.25) is 0 Å². The molecule has 0 aromatic carbocycles. The lowest BCUT2D eigenvalue weighted by Gasteiger charge is -2.31. The van der Waals surface area contributed by atoms with Gasteiger partial charge in [-0.25, -0.2) is 0 Å². The maximum atomic E-state index is 11.7. The molecule has 0 aliphatic heterocycles. The van der Waals surface area contributed by atoms with E-state index in [0.29, 0.717) is 12.8 Å². The Morgan fingerprint density at radius 1 is 1.33 bits per heavy atom. The monoisotopic (exact) mass is 257 g/mol. The van der Waals surface area contributed by atoms with Gasteiger partial charge in [-0.3, -0.25) is 4.79 Å². The molecule has 1 aliphatic rings. The fourth-order valence-corrected chi connectivity index (χ4v) is 2.44. The molecule has 106 valence electrons. The summed E-state index contributed by atoms with van der Waals surface area (Å²) >= 11 is 0. The highest BCUT2D eigenvalue weighted by molar-refractivity contribution is 5.77. The molecule has 0 heterocycles. The van der Waals surface area contributed by atoms with Crippen molar-refractivity contribution in [2.45, 2.75) is 70.5 Å². The van der Waals surface area contributed by atoms with Gasteiger partial charge in [0.15, 0.2) is 0 Å². The van der Waals surface area contributed by atoms with Gasteiger partial charge in [0.25, 0.3) is 0 Å². The fourth-order valence-electron chi connectivity index (χ4n) is 2.44. The van der Waals surface area contributed by atoms with E-state index in [4.69, 9.17) is 0 Å². The first-order valence-electron chi connectivity index (χ1n) is 7.14. The van der Waals surface area contributed by atoms with Crippen molar-refractivity contribution in [2.75, 3.05) is 6.54 Å². The molecule has 0 aromatic rings. The van der Waals surface area contributed by atoms with Gasteiger partial charge < -0.3 is 15.5 Å². The van der Waals surface area contributed by atoms with Crippen LogP contribution >= 0.6 is 0 Å². The minimum absolute atomic E-state index is 0.151. The van der Waals surface area contributed by atoms with Crippen LogP contribution in [0, 0.1) is 5.92 Å². The normalized spacial score (nSPS) is 22.2. The Hall–Kier alpha value is -0.610. The Labute approximate surface area is 110 Å². The smallest absolute Gasteiger partial charge is 0.222 e. The first-order chi connectivity index (χ1) is 8.47. The zero-order valence-corrected chi connectivity index (χ0v) is 11.6. The largest absolute Gasteiger partial charge is 0.391 e. The van der Waals surface area contributed by atoms with Gasteiger partial charge in [-0.1, -0.05) is 39.5 Å². The van der Waals surface area contributed by atoms with E-state index in [-0.39, 0.29) is 24.8 Å². The summed E-state index contributed by atoms with van der Waals surface area (Å²) in [6.07, 6.45) is 5.14. The van der Waals surface area contributed by atoms with Crippen molar-refractivity contribution >= 4 is 5.91 Å². The van der Waals surface area contributed by atoms with Gasteiger partial charge in [0, 0.05) is 6.54 Å². The molecule has 0 radical (unpaired) electrons. The van der Waals surface area contributed by atoms with Crippen LogP contribution < -0.4 is 5.32 Å². The third-order valence-corrected chi connectivity index (χ3v) is 4.08. The van der Waals surface area contributed by atoms with Gasteiger partial charge in [0.05, 0.1) is 18.1 Å². The average Bonchev–Trinajstić information content (AvgIpc) is 2.35. The van der Waals surface area contributed by atoms with Gasteiger partial charge in [-0.2, -0.15) is 0 Å². The van der Waals surface area contributed by atoms with Crippen LogP contribution in [0.25, 0.3) is 0 Å². The molecule has 4 nitrogen and oxygen atoms in total. The van der Waals surface area contributed by atoms with E-state index < -0.39 is 11.7 Å². The quantitative estimate of drug-likeness (QED) is 0.677. The standard InChI is InChI=1S/C14H27NO3/c1-3-11(2)12(16)10-15-13(17)9-14(18)7-5-4-6-8-14/h11-12,16,18H,3-10H2,1-2H3,(H,15,17). The number of hydrogen-bond acceptors (Lipinski definition) is 3. The van der Waals surface area contributed by atoms with Crippen LogP contribution in [0.15, 0.2) is 0 Å². The van der Waals surface area contributed by atoms with Gasteiger partial charge >= 0.3 is 0 Å². The average molecular weight is 257 g/mol. The van der Waals surface area contributed by atoms with Gasteiger partial charge in [0.2, 0.25) is 5.91 Å². The van der Waals surface area contributed by atoms with Crippen molar-refractivity contribution in [2.24, 2.45) is 5.92 Å². The number of aliphatic hydroxyl groups excluding tert-OH is 1. The Morgan fingerprint density at radius 2 is 1.94 bits per heavy atom. The van der Waals surface area contributed by atoms with Crippen molar-refractivity contribution in [3.05, 3.63) is 0 Å². The minimum atomic E-state index is -0.816. The maximum absolute atomic E-state index is 11.7. The van der Waals surface area contributed by atoms with E-state index in [1.807, 2.05) is 13.8 Å². The maximum Gasteiger partial charge on any atom is 0.222 e. The van der Waals surface area contributed by atoms with Crippen molar-refractivity contribution in [3.8, 4) is 0 Å². The molecule has 1 fully saturated rings. The zero-order valence-electron chi connectivity index (χ0n) is 11.6. The number of rotatable bonds is 6. The topological polar surface area (TPSA) is 69.6 Å². The number of nitrogens with one attached hydrogen (secondary N) is 1. The molecule has 1 rings (SSSR count). The summed E-state index contributed by atoms with van der Waals surface area (Å²) in [5.41, 5.74) is -0.816. The highest BCUT2D eigenvalue weighted by atomic mass is 16.3. The van der Waals surface area contributed by atoms with Crippen LogP contribution in [-0.4, -0.2) is 34.4 Å². The van der Waals surface area contributed by atoms with Gasteiger partial charge in [-0.15, -0.1) is 0 Å². The summed E-state index contributed by atoms with van der Waals surface area (Å²) < 4.78 is 0. The second-order valence-electron chi connectivity index (χ2n) is 5.72. The van der Waals surface area contributed by atoms with Crippen LogP contribution in [-0.2, 0) is 4.79 Å². The first-order valence-corrected chi connectivity index (χ1v) is 7.14. The molecular formula is C14H27NO3. The predicted molar refractivity (Wildman–Crippen MR) is 71.1 cm³/mol. The molecule has 4 heteroatoms. The lowest BCUT2D eigenvalue weighted by Crippen LogP contribution is -2.41. The Morgan fingerprint density at radius 3 is 2.50 bits per heavy atom. The number of aliphatic hydroxyl groups is 2. The van der Waals surface area contributed by atoms with E-state index in [1.165, 1.54) is 0 Å². The second-order valence-corrected chi connectivity index (χ2v) is 5.72. The van der Waals surface area contributed by atoms with E-state index in [1.54, 1.807) is 0 Å². The number of hydrogen-bond donors (Lipinski definition) is 3. The molecular weight excluding hydrogens is 230 g/mol. The van der Waals surface area contributed by atoms with Crippen LogP contribution in [0.5, 0.6) is 0 Å². The van der Waals surface area contributed by atoms with Crippen LogP contribution in [0.4, 0.5) is 0 Å². The summed E-state index contributed by atoms with van der Waals surface area (Å²) in [6, 6.07) is 0. The van der Waals surface area contributed by atoms with Crippen LogP contribution in [0.1, 0.15) is 58.8 Å². The molecule has 1 aliphatic carbocycles. The highest BCUT2D eigenvalue weighted by Gasteiger charge is 2.31. The number of carbonyl (C=O) groups excluding carboxylic acids is 1. The molecule has 18 heavy (non-hydrogen) atoms. The third-order valence-electron chi connectivity index (χ3n) is 4.08. The second kappa shape index (κ2) is 7.10. The van der Waals surface area contributed by atoms with Crippen molar-refractivity contribution < 1.29 is 15.0 Å². The van der Waals surface area contributed by atoms with E-state index >= 15 is 0 Å². The SMILES string of the molecule is CCC(C)C(O)CNC(=O)CC1(O)CCCCC1. The highest BCUT2D eigenvalue weighted by Crippen LogP contribution is 2.30. The molecule has 0 bridgehead atoms. The number of amides is 1. The molecule has 3 N–H and O–H groups in total. The van der Waals surface area contributed by atoms with E-state index in [2.05, 4.69) is 5.32 Å². The lowest BCUT2D eigenvalue weighted by molar-refractivity contribution is -0.128. The zero-order chi connectivity index (χ0) is 13.6. The van der Waals surface area contributed by atoms with Crippen LogP contribution in [0.3, 0.4) is 0 Å². The summed E-state index contributed by atoms with van der Waals surface area (Å²) in [6.45, 7) is 4.26. The van der Waals surface area contributed by atoms with Gasteiger partial charge in [-0.05, 0) is 18.8 Å². The Bertz CT molecular complexity index is 262. The molecule has 0 aromatic heterocycles. The van der Waals surface area contributed by atoms with Crippen molar-refractivity contribution in [1.29, 1.82) is 0 Å².